The Bertz CT molecular complexity index is 1520. The van der Waals surface area contributed by atoms with Gasteiger partial charge in [-0.05, 0) is 75.2 Å². The van der Waals surface area contributed by atoms with E-state index < -0.39 is 0 Å². The highest BCUT2D eigenvalue weighted by Crippen LogP contribution is 2.51. The monoisotopic (exact) mass is 600 g/mol. The number of carbonyl (C=O) groups excluding carboxylic acids is 1. The molecule has 2 aliphatic heterocycles. The van der Waals surface area contributed by atoms with Crippen molar-refractivity contribution in [2.24, 2.45) is 5.41 Å². The highest BCUT2D eigenvalue weighted by Gasteiger charge is 2.54. The lowest BCUT2D eigenvalue weighted by Crippen LogP contribution is -2.65. The number of nitrogens with one attached hydrogen (secondary N) is 2. The molecule has 2 saturated heterocycles. The quantitative estimate of drug-likeness (QED) is 0.310. The maximum absolute atomic E-state index is 13.4. The van der Waals surface area contributed by atoms with Crippen LogP contribution in [0.25, 0.3) is 11.3 Å². The van der Waals surface area contributed by atoms with Crippen LogP contribution in [0.15, 0.2) is 48.7 Å². The highest BCUT2D eigenvalue weighted by atomic mass is 16.5. The van der Waals surface area contributed by atoms with Gasteiger partial charge in [-0.2, -0.15) is 5.26 Å². The average Bonchev–Trinajstić information content (AvgIpc) is 3.51. The maximum Gasteiger partial charge on any atom is 0.290 e. The molecule has 12 heteroatoms. The Morgan fingerprint density at radius 3 is 2.75 bits per heavy atom. The lowest BCUT2D eigenvalue weighted by atomic mass is 9.61. The van der Waals surface area contributed by atoms with E-state index in [1.54, 1.807) is 19.4 Å². The first-order chi connectivity index (χ1) is 21.4. The molecular formula is C32H36N6O6. The van der Waals surface area contributed by atoms with Crippen LogP contribution in [-0.4, -0.2) is 79.5 Å². The molecule has 1 spiro atoms. The molecule has 1 amide bonds. The number of amides is 1. The van der Waals surface area contributed by atoms with E-state index >= 15 is 0 Å². The van der Waals surface area contributed by atoms with Gasteiger partial charge in [0.05, 0.1) is 36.2 Å². The summed E-state index contributed by atoms with van der Waals surface area (Å²) >= 11 is 0. The lowest BCUT2D eigenvalue weighted by Gasteiger charge is -2.59. The van der Waals surface area contributed by atoms with Crippen molar-refractivity contribution in [3.63, 3.8) is 0 Å². The van der Waals surface area contributed by atoms with E-state index in [9.17, 15) is 10.1 Å². The number of hydrogen-bond donors (Lipinski definition) is 3. The van der Waals surface area contributed by atoms with Gasteiger partial charge in [0.15, 0.2) is 11.4 Å². The molecule has 3 aliphatic rings. The van der Waals surface area contributed by atoms with E-state index in [4.69, 9.17) is 29.1 Å². The standard InChI is InChI=1S/C31H34N6O4.CH2O2/c1-3-40-30-24(5-4-11-34-30)25-7-9-27(28(36-25)29(38)35-21-10-12-33-17-21)41-23-14-31(15-23)18-37(19-31)26-8-6-22(39-2)13-20(26)16-32;2-1-3/h4-9,11,13,21,23,33H,3,10,12,14-15,17-19H2,1-2H3,(H,35,38);1H,(H,2,3)/t21-;/m1./s1. The van der Waals surface area contributed by atoms with Crippen LogP contribution in [0.5, 0.6) is 17.4 Å². The van der Waals surface area contributed by atoms with Crippen molar-refractivity contribution in [3.05, 3.63) is 59.9 Å². The first kappa shape index (κ1) is 30.6. The Kier molecular flexibility index (Phi) is 9.45. The number of pyridine rings is 2. The van der Waals surface area contributed by atoms with E-state index in [0.717, 1.165) is 56.7 Å². The molecule has 1 aliphatic carbocycles. The van der Waals surface area contributed by atoms with E-state index in [2.05, 4.69) is 26.6 Å². The van der Waals surface area contributed by atoms with Gasteiger partial charge in [-0.1, -0.05) is 0 Å². The molecule has 1 atom stereocenters. The second-order valence-electron chi connectivity index (χ2n) is 11.1. The summed E-state index contributed by atoms with van der Waals surface area (Å²) in [5.74, 6) is 1.40. The van der Waals surface area contributed by atoms with Crippen molar-refractivity contribution in [1.82, 2.24) is 20.6 Å². The predicted molar refractivity (Wildman–Crippen MR) is 162 cm³/mol. The third kappa shape index (κ3) is 6.53. The zero-order chi connectivity index (χ0) is 31.1. The molecule has 6 rings (SSSR count). The Morgan fingerprint density at radius 1 is 1.27 bits per heavy atom. The maximum atomic E-state index is 13.4. The van der Waals surface area contributed by atoms with Crippen molar-refractivity contribution in [1.29, 1.82) is 5.26 Å². The molecule has 3 aromatic rings. The predicted octanol–water partition coefficient (Wildman–Crippen LogP) is 3.26. The summed E-state index contributed by atoms with van der Waals surface area (Å²) in [4.78, 5) is 33.1. The van der Waals surface area contributed by atoms with Gasteiger partial charge >= 0.3 is 0 Å². The minimum atomic E-state index is -0.250. The number of benzene rings is 1. The summed E-state index contributed by atoms with van der Waals surface area (Å²) in [6.45, 7) is 5.49. The summed E-state index contributed by atoms with van der Waals surface area (Å²) in [7, 11) is 1.60. The van der Waals surface area contributed by atoms with Crippen LogP contribution < -0.4 is 29.7 Å². The van der Waals surface area contributed by atoms with Crippen LogP contribution in [0, 0.1) is 16.7 Å². The first-order valence-corrected chi connectivity index (χ1v) is 14.6. The average molecular weight is 601 g/mol. The lowest BCUT2D eigenvalue weighted by molar-refractivity contribution is -0.122. The van der Waals surface area contributed by atoms with Crippen molar-refractivity contribution in [3.8, 4) is 34.7 Å². The number of nitrogens with zero attached hydrogens (tertiary/aromatic N) is 4. The molecular weight excluding hydrogens is 564 g/mol. The number of carboxylic acid groups (broad SMARTS) is 1. The molecule has 12 nitrogen and oxygen atoms in total. The van der Waals surface area contributed by atoms with E-state index in [-0.39, 0.29) is 35.6 Å². The number of ether oxygens (including phenoxy) is 3. The van der Waals surface area contributed by atoms with Gasteiger partial charge in [0, 0.05) is 37.3 Å². The van der Waals surface area contributed by atoms with Gasteiger partial charge in [0.25, 0.3) is 12.4 Å². The van der Waals surface area contributed by atoms with Crippen LogP contribution in [0.1, 0.15) is 42.2 Å². The second-order valence-corrected chi connectivity index (χ2v) is 11.1. The zero-order valence-corrected chi connectivity index (χ0v) is 24.8. The molecule has 1 saturated carbocycles. The van der Waals surface area contributed by atoms with Gasteiger partial charge in [-0.3, -0.25) is 9.59 Å². The fourth-order valence-electron chi connectivity index (χ4n) is 6.09. The number of methoxy groups -OCH3 is 1. The summed E-state index contributed by atoms with van der Waals surface area (Å²) in [6, 6.07) is 15.4. The third-order valence-corrected chi connectivity index (χ3v) is 8.13. The number of aromatic nitrogens is 2. The molecule has 230 valence electrons. The van der Waals surface area contributed by atoms with Crippen molar-refractivity contribution in [2.45, 2.75) is 38.3 Å². The van der Waals surface area contributed by atoms with Gasteiger partial charge in [-0.25, -0.2) is 9.97 Å². The fourth-order valence-corrected chi connectivity index (χ4v) is 6.09. The van der Waals surface area contributed by atoms with Crippen LogP contribution >= 0.6 is 0 Å². The second kappa shape index (κ2) is 13.6. The Hall–Kier alpha value is -4.89. The zero-order valence-electron chi connectivity index (χ0n) is 24.8. The molecule has 44 heavy (non-hydrogen) atoms. The van der Waals surface area contributed by atoms with Gasteiger partial charge < -0.3 is 34.9 Å². The fraction of sp³-hybridized carbons (Fsp3) is 0.406. The smallest absolute Gasteiger partial charge is 0.290 e. The summed E-state index contributed by atoms with van der Waals surface area (Å²) in [5.41, 5.74) is 3.32. The summed E-state index contributed by atoms with van der Waals surface area (Å²) in [6.07, 6.45) is 4.31. The van der Waals surface area contributed by atoms with E-state index in [1.807, 2.05) is 43.3 Å². The third-order valence-electron chi connectivity index (χ3n) is 8.13. The van der Waals surface area contributed by atoms with Crippen LogP contribution in [0.2, 0.25) is 0 Å². The van der Waals surface area contributed by atoms with Crippen LogP contribution in [-0.2, 0) is 4.79 Å². The van der Waals surface area contributed by atoms with Crippen molar-refractivity contribution < 1.29 is 28.9 Å². The van der Waals surface area contributed by atoms with Crippen molar-refractivity contribution >= 4 is 18.1 Å². The number of carbonyl (C=O) groups is 2. The number of anilines is 1. The molecule has 0 radical (unpaired) electrons. The SMILES string of the molecule is CCOc1ncccc1-c1ccc(OC2CC3(C2)CN(c2ccc(OC)cc2C#N)C3)c(C(=O)N[C@@H]2CCNC2)n1.O=CO. The Balaban J connectivity index is 0.00000123. The molecule has 3 fully saturated rings. The molecule has 0 unspecified atom stereocenters. The number of nitriles is 1. The topological polar surface area (TPSA) is 159 Å². The minimum absolute atomic E-state index is 0.00632. The van der Waals surface area contributed by atoms with Gasteiger partial charge in [0.1, 0.15) is 17.9 Å². The highest BCUT2D eigenvalue weighted by molar-refractivity contribution is 5.96. The van der Waals surface area contributed by atoms with Crippen molar-refractivity contribution in [2.75, 3.05) is 44.8 Å². The summed E-state index contributed by atoms with van der Waals surface area (Å²) in [5, 5.41) is 22.9. The van der Waals surface area contributed by atoms with Crippen LogP contribution in [0.4, 0.5) is 5.69 Å². The number of rotatable bonds is 9. The molecule has 1 aromatic carbocycles. The summed E-state index contributed by atoms with van der Waals surface area (Å²) < 4.78 is 17.4. The minimum Gasteiger partial charge on any atom is -0.497 e. The van der Waals surface area contributed by atoms with Crippen LogP contribution in [0.3, 0.4) is 0 Å². The normalized spacial score (nSPS) is 18.1. The molecule has 2 aromatic heterocycles. The Labute approximate surface area is 256 Å². The molecule has 4 heterocycles. The van der Waals surface area contributed by atoms with Gasteiger partial charge in [0.2, 0.25) is 5.88 Å². The molecule has 0 bridgehead atoms. The first-order valence-electron chi connectivity index (χ1n) is 14.6. The number of hydrogen-bond acceptors (Lipinski definition) is 10. The van der Waals surface area contributed by atoms with E-state index in [0.29, 0.717) is 35.2 Å². The molecule has 3 N–H and O–H groups in total. The van der Waals surface area contributed by atoms with Gasteiger partial charge in [-0.15, -0.1) is 0 Å². The van der Waals surface area contributed by atoms with E-state index in [1.165, 1.54) is 0 Å². The largest absolute Gasteiger partial charge is 0.497 e. The Morgan fingerprint density at radius 2 is 2.07 bits per heavy atom.